The minimum Gasteiger partial charge on any atom is -0.461 e. The van der Waals surface area contributed by atoms with E-state index < -0.39 is 4.92 Å². The lowest BCUT2D eigenvalue weighted by molar-refractivity contribution is -0.386. The Bertz CT molecular complexity index is 624. The molecule has 1 saturated carbocycles. The summed E-state index contributed by atoms with van der Waals surface area (Å²) in [4.78, 5) is 22.9. The number of carbonyl (C=O) groups excluding carboxylic acids is 1. The number of nitro groups is 1. The Hall–Kier alpha value is -1.92. The molecule has 134 valence electrons. The van der Waals surface area contributed by atoms with Gasteiger partial charge in [0.05, 0.1) is 4.92 Å². The summed E-state index contributed by atoms with van der Waals surface area (Å²) >= 11 is 0. The minimum atomic E-state index is -0.461. The highest BCUT2D eigenvalue weighted by atomic mass is 16.6. The first-order chi connectivity index (χ1) is 11.2. The fraction of sp³-hybridized carbons (Fsp3) is 0.765. The van der Waals surface area contributed by atoms with Crippen molar-refractivity contribution in [1.82, 2.24) is 9.78 Å². The molecule has 0 aromatic carbocycles. The summed E-state index contributed by atoms with van der Waals surface area (Å²) in [5.74, 6) is 1.01. The van der Waals surface area contributed by atoms with Gasteiger partial charge in [0.15, 0.2) is 0 Å². The predicted molar refractivity (Wildman–Crippen MR) is 89.6 cm³/mol. The molecule has 7 nitrogen and oxygen atoms in total. The van der Waals surface area contributed by atoms with Crippen LogP contribution in [0.1, 0.15) is 51.4 Å². The minimum absolute atomic E-state index is 0.0332. The van der Waals surface area contributed by atoms with Crippen LogP contribution in [0.3, 0.4) is 0 Å². The van der Waals surface area contributed by atoms with Gasteiger partial charge in [-0.3, -0.25) is 19.6 Å². The summed E-state index contributed by atoms with van der Waals surface area (Å²) in [7, 11) is 0. The van der Waals surface area contributed by atoms with E-state index in [4.69, 9.17) is 4.74 Å². The lowest BCUT2D eigenvalue weighted by Gasteiger charge is -2.36. The molecule has 7 heteroatoms. The average Bonchev–Trinajstić information content (AvgIpc) is 2.72. The lowest BCUT2D eigenvalue weighted by atomic mass is 9.75. The molecular formula is C17H27N3O4. The summed E-state index contributed by atoms with van der Waals surface area (Å²) < 4.78 is 7.10. The van der Waals surface area contributed by atoms with Gasteiger partial charge in [-0.15, -0.1) is 0 Å². The number of aryl methyl sites for hydroxylation is 1. The second-order valence-corrected chi connectivity index (χ2v) is 7.29. The van der Waals surface area contributed by atoms with Crippen LogP contribution in [0.25, 0.3) is 0 Å². The zero-order valence-electron chi connectivity index (χ0n) is 15.1. The summed E-state index contributed by atoms with van der Waals surface area (Å²) in [6.07, 6.45) is 3.04. The Morgan fingerprint density at radius 2 is 2.08 bits per heavy atom. The van der Waals surface area contributed by atoms with Crippen molar-refractivity contribution in [3.05, 3.63) is 21.5 Å². The van der Waals surface area contributed by atoms with Crippen molar-refractivity contribution in [1.29, 1.82) is 0 Å². The first kappa shape index (κ1) is 18.4. The third-order valence-electron chi connectivity index (χ3n) is 5.05. The summed E-state index contributed by atoms with van der Waals surface area (Å²) in [5.41, 5.74) is 0.665. The maximum Gasteiger partial charge on any atom is 0.328 e. The van der Waals surface area contributed by atoms with Gasteiger partial charge in [0.1, 0.15) is 24.0 Å². The second-order valence-electron chi connectivity index (χ2n) is 7.29. The van der Waals surface area contributed by atoms with E-state index in [9.17, 15) is 14.9 Å². The van der Waals surface area contributed by atoms with Crippen molar-refractivity contribution < 1.29 is 14.5 Å². The van der Waals surface area contributed by atoms with E-state index in [-0.39, 0.29) is 24.3 Å². The molecule has 0 spiro atoms. The van der Waals surface area contributed by atoms with E-state index in [2.05, 4.69) is 25.9 Å². The third kappa shape index (κ3) is 3.94. The van der Waals surface area contributed by atoms with Crippen LogP contribution >= 0.6 is 0 Å². The molecule has 1 fully saturated rings. The van der Waals surface area contributed by atoms with E-state index in [1.54, 1.807) is 13.8 Å². The van der Waals surface area contributed by atoms with Crippen LogP contribution in [0.5, 0.6) is 0 Å². The molecule has 0 N–H and O–H groups in total. The fourth-order valence-electron chi connectivity index (χ4n) is 3.68. The van der Waals surface area contributed by atoms with E-state index >= 15 is 0 Å². The lowest BCUT2D eigenvalue weighted by Crippen LogP contribution is -2.36. The number of aromatic nitrogens is 2. The monoisotopic (exact) mass is 337 g/mol. The topological polar surface area (TPSA) is 87.3 Å². The number of ether oxygens (including phenoxy) is 1. The van der Waals surface area contributed by atoms with Gasteiger partial charge in [-0.1, -0.05) is 27.2 Å². The molecule has 3 atom stereocenters. The van der Waals surface area contributed by atoms with E-state index in [0.29, 0.717) is 29.1 Å². The predicted octanol–water partition coefficient (Wildman–Crippen LogP) is 3.41. The van der Waals surface area contributed by atoms with Crippen LogP contribution in [0.2, 0.25) is 0 Å². The normalized spacial score (nSPS) is 24.2. The van der Waals surface area contributed by atoms with E-state index in [0.717, 1.165) is 12.8 Å². The largest absolute Gasteiger partial charge is 0.461 e. The van der Waals surface area contributed by atoms with E-state index in [1.165, 1.54) is 11.1 Å². The number of rotatable bonds is 5. The molecule has 0 bridgehead atoms. The van der Waals surface area contributed by atoms with Gasteiger partial charge >= 0.3 is 11.7 Å². The van der Waals surface area contributed by atoms with Crippen molar-refractivity contribution in [2.24, 2.45) is 17.8 Å². The van der Waals surface area contributed by atoms with Gasteiger partial charge in [-0.25, -0.2) is 0 Å². The SMILES string of the molecule is Cc1nn(CC(=O)O[C@@H]2C[C@@H](C)CC[C@H]2C(C)C)c(C)c1[N+](=O)[O-]. The van der Waals surface area contributed by atoms with Crippen molar-refractivity contribution in [2.45, 2.75) is 66.5 Å². The maximum absolute atomic E-state index is 12.3. The molecule has 1 aromatic heterocycles. The van der Waals surface area contributed by atoms with Gasteiger partial charge in [0, 0.05) is 0 Å². The van der Waals surface area contributed by atoms with Gasteiger partial charge in [0.2, 0.25) is 0 Å². The molecule has 2 rings (SSSR count). The standard InChI is InChI=1S/C17H27N3O4/c1-10(2)14-7-6-11(3)8-15(14)24-16(21)9-19-13(5)17(20(22)23)12(4)18-19/h10-11,14-15H,6-9H2,1-5H3/t11-,14-,15+/m0/s1. The first-order valence-electron chi connectivity index (χ1n) is 8.58. The molecule has 1 aliphatic rings. The van der Waals surface area contributed by atoms with Crippen LogP contribution in [0, 0.1) is 41.7 Å². The molecule has 1 aliphatic carbocycles. The molecule has 24 heavy (non-hydrogen) atoms. The Kier molecular flexibility index (Phi) is 5.62. The molecule has 1 heterocycles. The highest BCUT2D eigenvalue weighted by molar-refractivity contribution is 5.69. The van der Waals surface area contributed by atoms with Crippen LogP contribution < -0.4 is 0 Å². The Balaban J connectivity index is 2.07. The quantitative estimate of drug-likeness (QED) is 0.467. The van der Waals surface area contributed by atoms with Crippen molar-refractivity contribution in [3.8, 4) is 0 Å². The number of hydrogen-bond donors (Lipinski definition) is 0. The Labute approximate surface area is 142 Å². The third-order valence-corrected chi connectivity index (χ3v) is 5.05. The van der Waals surface area contributed by atoms with Crippen LogP contribution in [-0.4, -0.2) is 26.8 Å². The number of nitrogens with zero attached hydrogens (tertiary/aromatic N) is 3. The van der Waals surface area contributed by atoms with Crippen molar-refractivity contribution in [3.63, 3.8) is 0 Å². The summed E-state index contributed by atoms with van der Waals surface area (Å²) in [5, 5.41) is 15.2. The second kappa shape index (κ2) is 7.32. The molecule has 0 saturated heterocycles. The molecular weight excluding hydrogens is 310 g/mol. The van der Waals surface area contributed by atoms with Gasteiger partial charge < -0.3 is 4.74 Å². The summed E-state index contributed by atoms with van der Waals surface area (Å²) in [6, 6.07) is 0. The number of hydrogen-bond acceptors (Lipinski definition) is 5. The van der Waals surface area contributed by atoms with Crippen molar-refractivity contribution in [2.75, 3.05) is 0 Å². The molecule has 0 amide bonds. The fourth-order valence-corrected chi connectivity index (χ4v) is 3.68. The van der Waals surface area contributed by atoms with Crippen LogP contribution in [0.4, 0.5) is 5.69 Å². The zero-order chi connectivity index (χ0) is 18.0. The number of esters is 1. The van der Waals surface area contributed by atoms with Gasteiger partial charge in [-0.2, -0.15) is 5.10 Å². The first-order valence-corrected chi connectivity index (χ1v) is 8.58. The highest BCUT2D eigenvalue weighted by Crippen LogP contribution is 2.35. The van der Waals surface area contributed by atoms with Gasteiger partial charge in [-0.05, 0) is 44.4 Å². The summed E-state index contributed by atoms with van der Waals surface area (Å²) in [6.45, 7) is 9.59. The maximum atomic E-state index is 12.3. The Morgan fingerprint density at radius 1 is 1.42 bits per heavy atom. The molecule has 0 aliphatic heterocycles. The molecule has 0 radical (unpaired) electrons. The molecule has 0 unspecified atom stereocenters. The molecule has 1 aromatic rings. The van der Waals surface area contributed by atoms with Crippen LogP contribution in [0.15, 0.2) is 0 Å². The zero-order valence-corrected chi connectivity index (χ0v) is 15.1. The Morgan fingerprint density at radius 3 is 2.62 bits per heavy atom. The van der Waals surface area contributed by atoms with Crippen LogP contribution in [-0.2, 0) is 16.1 Å². The van der Waals surface area contributed by atoms with E-state index in [1.807, 2.05) is 0 Å². The average molecular weight is 337 g/mol. The van der Waals surface area contributed by atoms with Crippen molar-refractivity contribution >= 4 is 11.7 Å². The van der Waals surface area contributed by atoms with Gasteiger partial charge in [0.25, 0.3) is 0 Å². The smallest absolute Gasteiger partial charge is 0.328 e. The highest BCUT2D eigenvalue weighted by Gasteiger charge is 2.33. The number of carbonyl (C=O) groups is 1.